The molecule has 2 amide bonds. The molecule has 2 aliphatic rings. The summed E-state index contributed by atoms with van der Waals surface area (Å²) < 4.78 is 27.7. The number of aryl methyl sites for hydroxylation is 1. The summed E-state index contributed by atoms with van der Waals surface area (Å²) >= 11 is 6.72. The Kier molecular flexibility index (Phi) is 7.15. The van der Waals surface area contributed by atoms with Crippen molar-refractivity contribution in [3.8, 4) is 0 Å². The third kappa shape index (κ3) is 4.67. The van der Waals surface area contributed by atoms with Gasteiger partial charge in [-0.15, -0.1) is 0 Å². The molecule has 0 aliphatic carbocycles. The Morgan fingerprint density at radius 2 is 1.72 bits per heavy atom. The third-order valence-electron chi connectivity index (χ3n) is 7.37. The monoisotopic (exact) mass is 567 g/mol. The molecule has 0 radical (unpaired) electrons. The van der Waals surface area contributed by atoms with Crippen molar-refractivity contribution in [1.82, 2.24) is 19.5 Å². The number of amides is 2. The van der Waals surface area contributed by atoms with Crippen LogP contribution in [0.15, 0.2) is 47.4 Å². The van der Waals surface area contributed by atoms with E-state index in [1.54, 1.807) is 24.3 Å². The van der Waals surface area contributed by atoms with Crippen molar-refractivity contribution in [3.05, 3.63) is 75.6 Å². The van der Waals surface area contributed by atoms with Crippen LogP contribution in [0.4, 0.5) is 11.4 Å². The van der Waals surface area contributed by atoms with Crippen molar-refractivity contribution in [2.75, 3.05) is 45.2 Å². The van der Waals surface area contributed by atoms with Gasteiger partial charge in [0.25, 0.3) is 11.8 Å². The topological polar surface area (TPSA) is 106 Å². The number of carbonyl (C=O) groups is 2. The number of H-pyrrole nitrogens is 1. The number of nitrogens with zero attached hydrogens (tertiary/aromatic N) is 3. The number of rotatable bonds is 5. The first-order chi connectivity index (χ1) is 18.5. The molecule has 5 rings (SSSR count). The zero-order valence-electron chi connectivity index (χ0n) is 22.2. The predicted octanol–water partition coefficient (Wildman–Crippen LogP) is 3.80. The molecule has 1 fully saturated rings. The Morgan fingerprint density at radius 3 is 2.36 bits per heavy atom. The van der Waals surface area contributed by atoms with Crippen molar-refractivity contribution in [2.45, 2.75) is 18.7 Å². The average Bonchev–Trinajstić information content (AvgIpc) is 3.36. The summed E-state index contributed by atoms with van der Waals surface area (Å²) in [4.78, 5) is 36.0. The molecule has 0 bridgehead atoms. The van der Waals surface area contributed by atoms with Gasteiger partial charge < -0.3 is 14.8 Å². The van der Waals surface area contributed by atoms with E-state index < -0.39 is 10.0 Å². The fourth-order valence-corrected chi connectivity index (χ4v) is 6.53. The molecule has 1 saturated heterocycles. The van der Waals surface area contributed by atoms with Gasteiger partial charge in [-0.1, -0.05) is 29.8 Å². The highest BCUT2D eigenvalue weighted by Gasteiger charge is 2.38. The number of aromatic nitrogens is 1. The van der Waals surface area contributed by atoms with Gasteiger partial charge in [0, 0.05) is 48.8 Å². The van der Waals surface area contributed by atoms with E-state index in [0.717, 1.165) is 13.1 Å². The second-order valence-electron chi connectivity index (χ2n) is 9.77. The van der Waals surface area contributed by atoms with Crippen LogP contribution in [0.5, 0.6) is 0 Å². The highest BCUT2D eigenvalue weighted by Crippen LogP contribution is 2.47. The van der Waals surface area contributed by atoms with Crippen molar-refractivity contribution < 1.29 is 18.0 Å². The van der Waals surface area contributed by atoms with E-state index in [1.807, 2.05) is 44.0 Å². The van der Waals surface area contributed by atoms with E-state index >= 15 is 0 Å². The van der Waals surface area contributed by atoms with Crippen LogP contribution in [0.3, 0.4) is 0 Å². The number of hydrogen-bond donors (Lipinski definition) is 2. The smallest absolute Gasteiger partial charge is 0.263 e. The summed E-state index contributed by atoms with van der Waals surface area (Å²) in [7, 11) is -0.544. The van der Waals surface area contributed by atoms with Gasteiger partial charge in [-0.2, -0.15) is 0 Å². The number of halogens is 1. The molecule has 0 atom stereocenters. The SMILES string of the molecule is CNS(=O)(=O)c1ccc2c(c1Cl)C(=Cc1[nH]c(C)c(C(=O)N3CCN(C)CC3)c1C)C(=O)N2c1ccccc1. The number of aromatic amines is 1. The van der Waals surface area contributed by atoms with Gasteiger partial charge in [-0.05, 0) is 63.8 Å². The molecular weight excluding hydrogens is 538 g/mol. The van der Waals surface area contributed by atoms with Gasteiger partial charge in [0.15, 0.2) is 0 Å². The largest absolute Gasteiger partial charge is 0.358 e. The first-order valence-corrected chi connectivity index (χ1v) is 14.5. The molecule has 9 nitrogen and oxygen atoms in total. The van der Waals surface area contributed by atoms with Gasteiger partial charge >= 0.3 is 0 Å². The highest BCUT2D eigenvalue weighted by molar-refractivity contribution is 7.89. The Balaban J connectivity index is 1.65. The van der Waals surface area contributed by atoms with Gasteiger partial charge in [-0.25, -0.2) is 13.1 Å². The standard InChI is InChI=1S/C28H30ClN5O4S/c1-17-21(31-18(2)24(17)28(36)33-14-12-32(4)13-15-33)16-20-25-22(10-11-23(26(25)29)39(37,38)30-3)34(27(20)35)19-8-6-5-7-9-19/h5-11,16,30-31H,12-15H2,1-4H3. The lowest BCUT2D eigenvalue weighted by Crippen LogP contribution is -2.47. The molecule has 3 heterocycles. The molecule has 3 aromatic rings. The van der Waals surface area contributed by atoms with E-state index in [2.05, 4.69) is 14.6 Å². The van der Waals surface area contributed by atoms with Crippen molar-refractivity contribution in [2.24, 2.45) is 0 Å². The van der Waals surface area contributed by atoms with Crippen LogP contribution in [0.2, 0.25) is 5.02 Å². The van der Waals surface area contributed by atoms with Crippen LogP contribution in [0.1, 0.15) is 32.9 Å². The van der Waals surface area contributed by atoms with E-state index in [9.17, 15) is 18.0 Å². The van der Waals surface area contributed by atoms with E-state index in [0.29, 0.717) is 52.5 Å². The van der Waals surface area contributed by atoms with Gasteiger partial charge in [0.05, 0.1) is 21.8 Å². The Bertz CT molecular complexity index is 1610. The molecule has 39 heavy (non-hydrogen) atoms. The predicted molar refractivity (Wildman–Crippen MR) is 153 cm³/mol. The van der Waals surface area contributed by atoms with E-state index in [1.165, 1.54) is 18.0 Å². The second kappa shape index (κ2) is 10.3. The maximum Gasteiger partial charge on any atom is 0.263 e. The van der Waals surface area contributed by atoms with Crippen LogP contribution >= 0.6 is 11.6 Å². The number of nitrogens with one attached hydrogen (secondary N) is 2. The van der Waals surface area contributed by atoms with Gasteiger partial charge in [0.2, 0.25) is 10.0 Å². The van der Waals surface area contributed by atoms with Crippen LogP contribution in [0.25, 0.3) is 11.6 Å². The fourth-order valence-electron chi connectivity index (χ4n) is 5.16. The number of piperazine rings is 1. The number of hydrogen-bond acceptors (Lipinski definition) is 5. The number of sulfonamides is 1. The van der Waals surface area contributed by atoms with Gasteiger partial charge in [-0.3, -0.25) is 14.5 Å². The minimum atomic E-state index is -3.89. The number of fused-ring (bicyclic) bond motifs is 1. The molecule has 1 aromatic heterocycles. The van der Waals surface area contributed by atoms with Crippen LogP contribution < -0.4 is 9.62 Å². The van der Waals surface area contributed by atoms with Crippen LogP contribution in [-0.2, 0) is 14.8 Å². The Labute approximate surface area is 233 Å². The zero-order chi connectivity index (χ0) is 28.1. The van der Waals surface area contributed by atoms with Crippen molar-refractivity contribution in [3.63, 3.8) is 0 Å². The second-order valence-corrected chi connectivity index (χ2v) is 12.0. The van der Waals surface area contributed by atoms with Crippen molar-refractivity contribution in [1.29, 1.82) is 0 Å². The van der Waals surface area contributed by atoms with Crippen LogP contribution in [-0.4, -0.2) is 75.3 Å². The quantitative estimate of drug-likeness (QED) is 0.456. The third-order valence-corrected chi connectivity index (χ3v) is 9.33. The summed E-state index contributed by atoms with van der Waals surface area (Å²) in [6, 6.07) is 12.1. The molecular formula is C28H30ClN5O4S. The minimum absolute atomic E-state index is 0.0467. The Morgan fingerprint density at radius 1 is 1.05 bits per heavy atom. The maximum atomic E-state index is 13.9. The number of benzene rings is 2. The molecule has 204 valence electrons. The molecule has 2 aliphatic heterocycles. The lowest BCUT2D eigenvalue weighted by Gasteiger charge is -2.32. The molecule has 0 spiro atoms. The number of para-hydroxylation sites is 1. The average molecular weight is 568 g/mol. The highest BCUT2D eigenvalue weighted by atomic mass is 35.5. The minimum Gasteiger partial charge on any atom is -0.358 e. The number of likely N-dealkylation sites (N-methyl/N-ethyl adjacent to an activating group) is 1. The van der Waals surface area contributed by atoms with E-state index in [-0.39, 0.29) is 27.3 Å². The van der Waals surface area contributed by atoms with E-state index in [4.69, 9.17) is 11.6 Å². The number of anilines is 2. The lowest BCUT2D eigenvalue weighted by atomic mass is 10.0. The summed E-state index contributed by atoms with van der Waals surface area (Å²) in [6.07, 6.45) is 1.66. The summed E-state index contributed by atoms with van der Waals surface area (Å²) in [5, 5.41) is -0.0467. The van der Waals surface area contributed by atoms with Crippen LogP contribution in [0, 0.1) is 13.8 Å². The first-order valence-electron chi connectivity index (χ1n) is 12.6. The zero-order valence-corrected chi connectivity index (χ0v) is 23.8. The lowest BCUT2D eigenvalue weighted by molar-refractivity contribution is -0.112. The first kappa shape index (κ1) is 27.1. The fraction of sp³-hybridized carbons (Fsp3) is 0.286. The molecule has 2 N–H and O–H groups in total. The summed E-state index contributed by atoms with van der Waals surface area (Å²) in [5.74, 6) is -0.404. The molecule has 2 aromatic carbocycles. The van der Waals surface area contributed by atoms with Crippen molar-refractivity contribution >= 4 is 56.5 Å². The Hall–Kier alpha value is -3.44. The van der Waals surface area contributed by atoms with Gasteiger partial charge in [0.1, 0.15) is 4.90 Å². The normalized spacial score (nSPS) is 17.3. The summed E-state index contributed by atoms with van der Waals surface area (Å²) in [5.41, 5.74) is 4.24. The maximum absolute atomic E-state index is 13.9. The molecule has 0 unspecified atom stereocenters. The molecule has 11 heteroatoms. The summed E-state index contributed by atoms with van der Waals surface area (Å²) in [6.45, 7) is 6.59. The molecule has 0 saturated carbocycles. The number of carbonyl (C=O) groups excluding carboxylic acids is 2.